The smallest absolute Gasteiger partial charge is 0.412 e. The lowest BCUT2D eigenvalue weighted by Crippen LogP contribution is -2.48. The van der Waals surface area contributed by atoms with Crippen LogP contribution in [0.2, 0.25) is 0 Å². The van der Waals surface area contributed by atoms with Crippen molar-refractivity contribution in [1.82, 2.24) is 14.9 Å². The van der Waals surface area contributed by atoms with Gasteiger partial charge in [-0.25, -0.2) is 19.2 Å². The summed E-state index contributed by atoms with van der Waals surface area (Å²) in [4.78, 5) is 65.9. The van der Waals surface area contributed by atoms with Crippen LogP contribution < -0.4 is 16.3 Å². The number of nitrogens with one attached hydrogen (secondary N) is 2. The molecule has 14 nitrogen and oxygen atoms in total. The SMILES string of the molecule is CCCCCOC(=O)Nc1ccn([C@@H]2O[C@H](COC(=O)[C@@H](NC(=O)OC(C)(C)C)C(C)C)[C@@H](OC(=O)C(C)C)C2(F)F)c(=O)n1. The number of unbranched alkanes of at least 4 members (excludes halogenated alkanes) is 2. The van der Waals surface area contributed by atoms with Crippen molar-refractivity contribution in [2.75, 3.05) is 18.5 Å². The number of nitrogens with zero attached hydrogens (tertiary/aromatic N) is 2. The number of esters is 2. The third kappa shape index (κ3) is 10.9. The molecule has 2 N–H and O–H groups in total. The van der Waals surface area contributed by atoms with E-state index >= 15 is 8.78 Å². The van der Waals surface area contributed by atoms with E-state index in [1.165, 1.54) is 13.8 Å². The maximum atomic E-state index is 15.8. The van der Waals surface area contributed by atoms with Gasteiger partial charge >= 0.3 is 35.7 Å². The highest BCUT2D eigenvalue weighted by Crippen LogP contribution is 2.44. The lowest BCUT2D eigenvalue weighted by molar-refractivity contribution is -0.180. The van der Waals surface area contributed by atoms with Gasteiger partial charge in [0.1, 0.15) is 30.2 Å². The number of alkyl carbamates (subject to hydrolysis) is 1. The third-order valence-corrected chi connectivity index (χ3v) is 6.34. The van der Waals surface area contributed by atoms with Gasteiger partial charge in [0, 0.05) is 6.20 Å². The van der Waals surface area contributed by atoms with Crippen LogP contribution >= 0.6 is 0 Å². The van der Waals surface area contributed by atoms with Crippen LogP contribution in [0.15, 0.2) is 17.1 Å². The molecule has 0 aliphatic carbocycles. The van der Waals surface area contributed by atoms with Gasteiger partial charge in [0.25, 0.3) is 0 Å². The van der Waals surface area contributed by atoms with Gasteiger partial charge in [-0.2, -0.15) is 13.8 Å². The van der Waals surface area contributed by atoms with Crippen LogP contribution in [-0.2, 0) is 33.3 Å². The minimum absolute atomic E-state index is 0.149. The number of ether oxygens (including phenoxy) is 5. The molecule has 16 heteroatoms. The Morgan fingerprint density at radius 1 is 1.07 bits per heavy atom. The maximum Gasteiger partial charge on any atom is 0.412 e. The number of hydrogen-bond donors (Lipinski definition) is 2. The number of alkyl halides is 2. The Morgan fingerprint density at radius 2 is 1.73 bits per heavy atom. The highest BCUT2D eigenvalue weighted by molar-refractivity contribution is 5.83. The number of rotatable bonds is 13. The first-order chi connectivity index (χ1) is 20.9. The lowest BCUT2D eigenvalue weighted by atomic mass is 10.0. The summed E-state index contributed by atoms with van der Waals surface area (Å²) in [6.07, 6.45) is -4.71. The molecule has 0 bridgehead atoms. The molecule has 45 heavy (non-hydrogen) atoms. The van der Waals surface area contributed by atoms with Crippen LogP contribution in [0, 0.1) is 11.8 Å². The van der Waals surface area contributed by atoms with Crippen LogP contribution in [0.25, 0.3) is 0 Å². The van der Waals surface area contributed by atoms with Crippen molar-refractivity contribution in [3.8, 4) is 0 Å². The third-order valence-electron chi connectivity index (χ3n) is 6.34. The van der Waals surface area contributed by atoms with E-state index in [0.29, 0.717) is 11.0 Å². The molecule has 0 radical (unpaired) electrons. The molecule has 2 amide bonds. The van der Waals surface area contributed by atoms with Gasteiger partial charge in [0.05, 0.1) is 12.5 Å². The van der Waals surface area contributed by atoms with Crippen LogP contribution in [0.4, 0.5) is 24.2 Å². The van der Waals surface area contributed by atoms with Crippen LogP contribution in [0.3, 0.4) is 0 Å². The first-order valence-electron chi connectivity index (χ1n) is 14.8. The summed E-state index contributed by atoms with van der Waals surface area (Å²) in [5.74, 6) is -7.47. The van der Waals surface area contributed by atoms with Crippen molar-refractivity contribution in [3.63, 3.8) is 0 Å². The molecule has 2 rings (SSSR count). The predicted octanol–water partition coefficient (Wildman–Crippen LogP) is 4.18. The molecule has 0 unspecified atom stereocenters. The number of amides is 2. The van der Waals surface area contributed by atoms with E-state index in [1.54, 1.807) is 34.6 Å². The summed E-state index contributed by atoms with van der Waals surface area (Å²) in [7, 11) is 0. The minimum atomic E-state index is -3.99. The summed E-state index contributed by atoms with van der Waals surface area (Å²) in [5.41, 5.74) is -2.06. The molecule has 1 fully saturated rings. The van der Waals surface area contributed by atoms with Gasteiger partial charge < -0.3 is 29.0 Å². The largest absolute Gasteiger partial charge is 0.461 e. The summed E-state index contributed by atoms with van der Waals surface area (Å²) < 4.78 is 58.0. The Morgan fingerprint density at radius 3 is 2.29 bits per heavy atom. The molecule has 2 heterocycles. The topological polar surface area (TPSA) is 173 Å². The van der Waals surface area contributed by atoms with E-state index in [4.69, 9.17) is 23.7 Å². The Labute approximate surface area is 260 Å². The van der Waals surface area contributed by atoms with Crippen molar-refractivity contribution in [2.45, 2.75) is 111 Å². The monoisotopic (exact) mass is 646 g/mol. The fourth-order valence-corrected chi connectivity index (χ4v) is 4.01. The Bertz CT molecular complexity index is 1250. The average molecular weight is 647 g/mol. The van der Waals surface area contributed by atoms with E-state index in [0.717, 1.165) is 25.1 Å². The van der Waals surface area contributed by atoms with Gasteiger partial charge in [0.15, 0.2) is 6.10 Å². The molecule has 4 atom stereocenters. The van der Waals surface area contributed by atoms with Crippen molar-refractivity contribution < 1.29 is 51.6 Å². The minimum Gasteiger partial charge on any atom is -0.461 e. The van der Waals surface area contributed by atoms with Gasteiger partial charge in [-0.1, -0.05) is 47.5 Å². The normalized spacial score (nSPS) is 20.0. The standard InChI is InChI=1S/C29H44F2N4O10/c1-9-10-11-14-41-26(39)33-19-12-13-35(25(38)32-19)24-29(30,31)21(44-22(36)17(4)5)18(43-24)15-42-23(37)20(16(2)3)34-27(40)45-28(6,7)8/h12-13,16-18,20-21,24H,9-11,14-15H2,1-8H3,(H,34,40)(H,32,33,38,39)/t18-,20+,21-,24-/m1/s1. The molecule has 1 aromatic rings. The first-order valence-corrected chi connectivity index (χ1v) is 14.8. The molecule has 1 aliphatic rings. The number of halogens is 2. The second-order valence-electron chi connectivity index (χ2n) is 12.2. The van der Waals surface area contributed by atoms with E-state index in [1.807, 2.05) is 6.92 Å². The summed E-state index contributed by atoms with van der Waals surface area (Å²) >= 11 is 0. The zero-order valence-corrected chi connectivity index (χ0v) is 26.9. The number of hydrogen-bond acceptors (Lipinski definition) is 11. The highest BCUT2D eigenvalue weighted by atomic mass is 19.3. The Kier molecular flexibility index (Phi) is 13.2. The highest BCUT2D eigenvalue weighted by Gasteiger charge is 2.63. The predicted molar refractivity (Wildman–Crippen MR) is 156 cm³/mol. The number of aromatic nitrogens is 2. The van der Waals surface area contributed by atoms with Crippen LogP contribution in [0.1, 0.15) is 80.9 Å². The van der Waals surface area contributed by atoms with E-state index < -0.39 is 84.3 Å². The second-order valence-corrected chi connectivity index (χ2v) is 12.2. The Balaban J connectivity index is 2.25. The molecule has 0 spiro atoms. The van der Waals surface area contributed by atoms with E-state index in [2.05, 4.69) is 15.6 Å². The molecule has 1 aromatic heterocycles. The summed E-state index contributed by atoms with van der Waals surface area (Å²) in [6, 6.07) is -0.119. The average Bonchev–Trinajstić information content (AvgIpc) is 3.16. The number of carbonyl (C=O) groups is 4. The Hall–Kier alpha value is -3.82. The van der Waals surface area contributed by atoms with Gasteiger partial charge in [-0.15, -0.1) is 0 Å². The molecule has 0 saturated carbocycles. The zero-order chi connectivity index (χ0) is 34.1. The van der Waals surface area contributed by atoms with Gasteiger partial charge in [-0.3, -0.25) is 14.7 Å². The van der Waals surface area contributed by atoms with E-state index in [-0.39, 0.29) is 12.4 Å². The molecule has 1 saturated heterocycles. The van der Waals surface area contributed by atoms with Crippen molar-refractivity contribution in [1.29, 1.82) is 0 Å². The second kappa shape index (κ2) is 16.0. The van der Waals surface area contributed by atoms with Gasteiger partial charge in [0.2, 0.25) is 6.23 Å². The molecule has 1 aliphatic heterocycles. The fourth-order valence-electron chi connectivity index (χ4n) is 4.01. The molecule has 254 valence electrons. The van der Waals surface area contributed by atoms with Crippen molar-refractivity contribution in [2.24, 2.45) is 11.8 Å². The molecule has 0 aromatic carbocycles. The van der Waals surface area contributed by atoms with Crippen molar-refractivity contribution >= 4 is 29.9 Å². The fraction of sp³-hybridized carbons (Fsp3) is 0.724. The van der Waals surface area contributed by atoms with Crippen molar-refractivity contribution in [3.05, 3.63) is 22.7 Å². The van der Waals surface area contributed by atoms with E-state index in [9.17, 15) is 24.0 Å². The molecular weight excluding hydrogens is 602 g/mol. The molecular formula is C29H44F2N4O10. The first kappa shape index (κ1) is 37.4. The van der Waals surface area contributed by atoms with Gasteiger partial charge in [-0.05, 0) is 39.2 Å². The maximum absolute atomic E-state index is 15.8. The number of carbonyl (C=O) groups excluding carboxylic acids is 4. The summed E-state index contributed by atoms with van der Waals surface area (Å²) in [5, 5.41) is 4.65. The lowest BCUT2D eigenvalue weighted by Gasteiger charge is -2.26. The van der Waals surface area contributed by atoms with Crippen LogP contribution in [-0.4, -0.2) is 76.7 Å². The number of anilines is 1. The van der Waals surface area contributed by atoms with Crippen LogP contribution in [0.5, 0.6) is 0 Å². The summed E-state index contributed by atoms with van der Waals surface area (Å²) in [6.45, 7) is 12.3. The quantitative estimate of drug-likeness (QED) is 0.179. The zero-order valence-electron chi connectivity index (χ0n) is 26.9.